The second kappa shape index (κ2) is 10.7. The van der Waals surface area contributed by atoms with Gasteiger partial charge in [0.25, 0.3) is 0 Å². The number of benzene rings is 2. The first-order valence-corrected chi connectivity index (χ1v) is 15.2. The summed E-state index contributed by atoms with van der Waals surface area (Å²) in [5.41, 5.74) is 5.59. The molecule has 1 unspecified atom stereocenters. The Labute approximate surface area is 246 Å². The molecular formula is C34H36FN5O2. The van der Waals surface area contributed by atoms with E-state index in [0.717, 1.165) is 57.1 Å². The summed E-state index contributed by atoms with van der Waals surface area (Å²) in [5, 5.41) is 11.1. The predicted octanol–water partition coefficient (Wildman–Crippen LogP) is 5.24. The summed E-state index contributed by atoms with van der Waals surface area (Å²) < 4.78 is 22.5. The van der Waals surface area contributed by atoms with E-state index in [1.54, 1.807) is 6.07 Å². The van der Waals surface area contributed by atoms with Crippen molar-refractivity contribution in [2.24, 2.45) is 0 Å². The molecule has 1 amide bonds. The summed E-state index contributed by atoms with van der Waals surface area (Å²) in [7, 11) is 2.09. The van der Waals surface area contributed by atoms with Crippen molar-refractivity contribution >= 4 is 22.5 Å². The standard InChI is InChI=1S/C34H36FN5O2/c1-3-32(41)39-15-13-30-31(39)19-40(30)33-26-16-28(35)25(24-12-6-9-21-8-4-5-11-23(21)24)17-29(26)37-34(27(33)18-36)42-20-22-10-7-14-38(22)2/h3,6,9,12,16-17,22,30-31H,1,4-5,7-8,10-11,13-15,19-20H2,2H3/t22-,30?,31+/m0/s1. The van der Waals surface area contributed by atoms with Crippen molar-refractivity contribution in [3.8, 4) is 23.1 Å². The fraction of sp³-hybridized carbons (Fsp3) is 0.441. The number of carbonyl (C=O) groups excluding carboxylic acids is 1. The van der Waals surface area contributed by atoms with E-state index in [9.17, 15) is 10.1 Å². The van der Waals surface area contributed by atoms with E-state index in [1.807, 2.05) is 23.1 Å². The van der Waals surface area contributed by atoms with Gasteiger partial charge in [-0.25, -0.2) is 9.37 Å². The minimum absolute atomic E-state index is 0.0433. The van der Waals surface area contributed by atoms with Crippen LogP contribution in [-0.2, 0) is 17.6 Å². The third kappa shape index (κ3) is 4.33. The minimum Gasteiger partial charge on any atom is -0.475 e. The van der Waals surface area contributed by atoms with Crippen LogP contribution < -0.4 is 9.64 Å². The number of pyridine rings is 1. The molecule has 3 atom stereocenters. The van der Waals surface area contributed by atoms with Crippen molar-refractivity contribution in [2.75, 3.05) is 38.2 Å². The number of hydrogen-bond acceptors (Lipinski definition) is 6. The van der Waals surface area contributed by atoms with Gasteiger partial charge in [0.1, 0.15) is 24.1 Å². The van der Waals surface area contributed by atoms with Crippen molar-refractivity contribution < 1.29 is 13.9 Å². The number of rotatable bonds is 6. The van der Waals surface area contributed by atoms with E-state index in [-0.39, 0.29) is 29.8 Å². The zero-order chi connectivity index (χ0) is 29.0. The number of amides is 1. The number of anilines is 1. The number of aryl methyl sites for hydroxylation is 1. The Morgan fingerprint density at radius 1 is 1.17 bits per heavy atom. The van der Waals surface area contributed by atoms with Gasteiger partial charge in [-0.15, -0.1) is 0 Å². The van der Waals surface area contributed by atoms with E-state index < -0.39 is 0 Å². The summed E-state index contributed by atoms with van der Waals surface area (Å²) in [6, 6.07) is 12.3. The van der Waals surface area contributed by atoms with Gasteiger partial charge in [-0.3, -0.25) is 4.79 Å². The van der Waals surface area contributed by atoms with Gasteiger partial charge in [-0.1, -0.05) is 24.8 Å². The molecule has 8 heteroatoms. The molecule has 2 aromatic carbocycles. The van der Waals surface area contributed by atoms with Gasteiger partial charge < -0.3 is 19.4 Å². The number of halogens is 1. The lowest BCUT2D eigenvalue weighted by Crippen LogP contribution is -2.63. The summed E-state index contributed by atoms with van der Waals surface area (Å²) >= 11 is 0. The number of hydrogen-bond donors (Lipinski definition) is 0. The molecule has 7 nitrogen and oxygen atoms in total. The lowest BCUT2D eigenvalue weighted by atomic mass is 9.85. The third-order valence-electron chi connectivity index (χ3n) is 9.93. The lowest BCUT2D eigenvalue weighted by molar-refractivity contribution is -0.127. The molecule has 4 heterocycles. The van der Waals surface area contributed by atoms with Crippen molar-refractivity contribution in [1.29, 1.82) is 5.26 Å². The molecule has 4 aliphatic rings. The normalized spacial score (nSPS) is 23.3. The first kappa shape index (κ1) is 26.9. The summed E-state index contributed by atoms with van der Waals surface area (Å²) in [6.45, 7) is 6.33. The van der Waals surface area contributed by atoms with Crippen LogP contribution in [0.15, 0.2) is 43.0 Å². The number of nitriles is 1. The monoisotopic (exact) mass is 565 g/mol. The third-order valence-corrected chi connectivity index (χ3v) is 9.93. The molecule has 7 rings (SSSR count). The first-order valence-electron chi connectivity index (χ1n) is 15.2. The van der Waals surface area contributed by atoms with E-state index in [0.29, 0.717) is 53.3 Å². The van der Waals surface area contributed by atoms with E-state index in [2.05, 4.69) is 35.6 Å². The molecule has 3 aromatic rings. The van der Waals surface area contributed by atoms with Gasteiger partial charge in [-0.05, 0) is 93.4 Å². The molecule has 42 heavy (non-hydrogen) atoms. The van der Waals surface area contributed by atoms with Crippen molar-refractivity contribution in [3.63, 3.8) is 0 Å². The molecule has 0 spiro atoms. The zero-order valence-electron chi connectivity index (χ0n) is 24.1. The predicted molar refractivity (Wildman–Crippen MR) is 161 cm³/mol. The van der Waals surface area contributed by atoms with Gasteiger partial charge in [0, 0.05) is 30.1 Å². The lowest BCUT2D eigenvalue weighted by Gasteiger charge is -2.48. The quantitative estimate of drug-likeness (QED) is 0.381. The zero-order valence-corrected chi connectivity index (χ0v) is 24.1. The summed E-state index contributed by atoms with van der Waals surface area (Å²) in [6.07, 6.45) is 8.51. The fourth-order valence-electron chi connectivity index (χ4n) is 7.62. The van der Waals surface area contributed by atoms with Crippen LogP contribution in [0.1, 0.15) is 48.8 Å². The molecule has 0 saturated carbocycles. The summed E-state index contributed by atoms with van der Waals surface area (Å²) in [4.78, 5) is 23.6. The van der Waals surface area contributed by atoms with Gasteiger partial charge in [0.05, 0.1) is 23.3 Å². The van der Waals surface area contributed by atoms with Gasteiger partial charge in [-0.2, -0.15) is 5.26 Å². The number of carbonyl (C=O) groups is 1. The smallest absolute Gasteiger partial charge is 0.246 e. The second-order valence-corrected chi connectivity index (χ2v) is 12.2. The molecule has 1 aliphatic carbocycles. The van der Waals surface area contributed by atoms with Gasteiger partial charge >= 0.3 is 0 Å². The van der Waals surface area contributed by atoms with Crippen molar-refractivity contribution in [2.45, 2.75) is 63.1 Å². The molecule has 1 aromatic heterocycles. The summed E-state index contributed by atoms with van der Waals surface area (Å²) in [5.74, 6) is -0.0936. The number of nitrogens with zero attached hydrogens (tertiary/aromatic N) is 5. The second-order valence-electron chi connectivity index (χ2n) is 12.2. The molecule has 216 valence electrons. The van der Waals surface area contributed by atoms with Gasteiger partial charge in [0.2, 0.25) is 11.8 Å². The maximum atomic E-state index is 16.1. The topological polar surface area (TPSA) is 72.7 Å². The SMILES string of the molecule is C=CC(=O)N1CCC2[C@H]1CN2c1c(C#N)c(OC[C@@H]2CCCN2C)nc2cc(-c3cccc4c3CCCC4)c(F)cc12. The Morgan fingerprint density at radius 2 is 2.02 bits per heavy atom. The number of likely N-dealkylation sites (N-methyl/N-ethyl adjacent to an activating group) is 1. The van der Waals surface area contributed by atoms with Crippen LogP contribution in [0.25, 0.3) is 22.0 Å². The average molecular weight is 566 g/mol. The molecule has 0 N–H and O–H groups in total. The van der Waals surface area contributed by atoms with Crippen LogP contribution >= 0.6 is 0 Å². The fourth-order valence-corrected chi connectivity index (χ4v) is 7.62. The highest BCUT2D eigenvalue weighted by atomic mass is 19.1. The number of aromatic nitrogens is 1. The Bertz CT molecular complexity index is 1630. The highest BCUT2D eigenvalue weighted by Gasteiger charge is 2.49. The maximum Gasteiger partial charge on any atom is 0.246 e. The van der Waals surface area contributed by atoms with Crippen LogP contribution in [-0.4, -0.2) is 72.1 Å². The van der Waals surface area contributed by atoms with Crippen LogP contribution in [0.2, 0.25) is 0 Å². The molecule has 3 aliphatic heterocycles. The van der Waals surface area contributed by atoms with Crippen LogP contribution in [0.4, 0.5) is 10.1 Å². The van der Waals surface area contributed by atoms with Crippen LogP contribution in [0, 0.1) is 17.1 Å². The Kier molecular flexibility index (Phi) is 6.86. The molecule has 3 saturated heterocycles. The maximum absolute atomic E-state index is 16.1. The van der Waals surface area contributed by atoms with Crippen LogP contribution in [0.3, 0.4) is 0 Å². The number of ether oxygens (including phenoxy) is 1. The highest BCUT2D eigenvalue weighted by molar-refractivity contribution is 5.99. The van der Waals surface area contributed by atoms with E-state index in [1.165, 1.54) is 17.2 Å². The van der Waals surface area contributed by atoms with E-state index >= 15 is 4.39 Å². The van der Waals surface area contributed by atoms with Gasteiger partial charge in [0.15, 0.2) is 0 Å². The molecular weight excluding hydrogens is 529 g/mol. The van der Waals surface area contributed by atoms with E-state index in [4.69, 9.17) is 9.72 Å². The Hall–Kier alpha value is -3.96. The molecule has 0 bridgehead atoms. The Morgan fingerprint density at radius 3 is 2.81 bits per heavy atom. The Balaban J connectivity index is 1.35. The van der Waals surface area contributed by atoms with Crippen molar-refractivity contribution in [1.82, 2.24) is 14.8 Å². The molecule has 0 radical (unpaired) electrons. The largest absolute Gasteiger partial charge is 0.475 e. The highest BCUT2D eigenvalue weighted by Crippen LogP contribution is 2.45. The molecule has 3 fully saturated rings. The number of likely N-dealkylation sites (tertiary alicyclic amines) is 2. The minimum atomic E-state index is -0.318. The van der Waals surface area contributed by atoms with Crippen LogP contribution in [0.5, 0.6) is 5.88 Å². The van der Waals surface area contributed by atoms with Crippen molar-refractivity contribution in [3.05, 3.63) is 65.5 Å². The average Bonchev–Trinajstić information content (AvgIpc) is 3.57. The number of fused-ring (bicyclic) bond motifs is 3. The first-order chi connectivity index (χ1) is 20.5.